The third kappa shape index (κ3) is 3.07. The molecule has 0 amide bonds. The van der Waals surface area contributed by atoms with Crippen LogP contribution in [0.15, 0.2) is 11.6 Å². The minimum atomic E-state index is -0.814. The highest BCUT2D eigenvalue weighted by Gasteiger charge is 2.15. The Kier molecular flexibility index (Phi) is 3.32. The van der Waals surface area contributed by atoms with Crippen LogP contribution in [0.25, 0.3) is 0 Å². The van der Waals surface area contributed by atoms with E-state index < -0.39 is 5.97 Å². The van der Waals surface area contributed by atoms with Crippen molar-refractivity contribution >= 4 is 5.97 Å². The molecular weight excluding hydrogens is 152 g/mol. The van der Waals surface area contributed by atoms with Crippen molar-refractivity contribution in [3.8, 4) is 0 Å². The first-order valence-electron chi connectivity index (χ1n) is 4.58. The summed E-state index contributed by atoms with van der Waals surface area (Å²) in [6.07, 6.45) is 7.52. The second kappa shape index (κ2) is 4.29. The number of hydrogen-bond acceptors (Lipinski definition) is 1. The van der Waals surface area contributed by atoms with Crippen molar-refractivity contribution in [2.45, 2.75) is 39.0 Å². The number of carbonyl (C=O) groups is 1. The SMILES string of the molecule is C/C(=C\C(=O)O)CC1CCCC1. The van der Waals surface area contributed by atoms with Crippen LogP contribution >= 0.6 is 0 Å². The molecule has 0 aromatic carbocycles. The van der Waals surface area contributed by atoms with Gasteiger partial charge in [-0.05, 0) is 19.3 Å². The van der Waals surface area contributed by atoms with Crippen LogP contribution in [0.1, 0.15) is 39.0 Å². The third-order valence-corrected chi connectivity index (χ3v) is 2.46. The smallest absolute Gasteiger partial charge is 0.328 e. The summed E-state index contributed by atoms with van der Waals surface area (Å²) in [7, 11) is 0. The second-order valence-electron chi connectivity index (χ2n) is 3.68. The van der Waals surface area contributed by atoms with E-state index >= 15 is 0 Å². The van der Waals surface area contributed by atoms with Gasteiger partial charge in [0.2, 0.25) is 0 Å². The fraction of sp³-hybridized carbons (Fsp3) is 0.700. The summed E-state index contributed by atoms with van der Waals surface area (Å²) < 4.78 is 0. The molecule has 1 saturated carbocycles. The summed E-state index contributed by atoms with van der Waals surface area (Å²) in [6.45, 7) is 1.91. The van der Waals surface area contributed by atoms with E-state index in [0.29, 0.717) is 0 Å². The van der Waals surface area contributed by atoms with Crippen LogP contribution in [0.3, 0.4) is 0 Å². The molecule has 0 aromatic rings. The lowest BCUT2D eigenvalue weighted by molar-refractivity contribution is -0.131. The first-order chi connectivity index (χ1) is 5.68. The van der Waals surface area contributed by atoms with E-state index in [1.807, 2.05) is 6.92 Å². The lowest BCUT2D eigenvalue weighted by atomic mass is 9.99. The molecule has 0 aliphatic heterocycles. The minimum Gasteiger partial charge on any atom is -0.478 e. The van der Waals surface area contributed by atoms with Crippen LogP contribution in [0.2, 0.25) is 0 Å². The van der Waals surface area contributed by atoms with Crippen LogP contribution < -0.4 is 0 Å². The molecule has 0 saturated heterocycles. The van der Waals surface area contributed by atoms with E-state index in [9.17, 15) is 4.79 Å². The zero-order chi connectivity index (χ0) is 8.97. The van der Waals surface area contributed by atoms with E-state index in [0.717, 1.165) is 17.9 Å². The quantitative estimate of drug-likeness (QED) is 0.658. The van der Waals surface area contributed by atoms with Gasteiger partial charge in [0.1, 0.15) is 0 Å². The summed E-state index contributed by atoms with van der Waals surface area (Å²) in [6, 6.07) is 0. The Morgan fingerprint density at radius 3 is 2.58 bits per heavy atom. The summed E-state index contributed by atoms with van der Waals surface area (Å²) in [5.41, 5.74) is 1.01. The molecule has 1 rings (SSSR count). The first kappa shape index (κ1) is 9.30. The van der Waals surface area contributed by atoms with E-state index in [1.165, 1.54) is 31.8 Å². The molecule has 68 valence electrons. The van der Waals surface area contributed by atoms with Gasteiger partial charge >= 0.3 is 5.97 Å². The molecule has 1 N–H and O–H groups in total. The van der Waals surface area contributed by atoms with Gasteiger partial charge in [0, 0.05) is 6.08 Å². The highest BCUT2D eigenvalue weighted by Crippen LogP contribution is 2.29. The summed E-state index contributed by atoms with van der Waals surface area (Å²) >= 11 is 0. The average Bonchev–Trinajstić information content (AvgIpc) is 2.37. The maximum atomic E-state index is 10.3. The Balaban J connectivity index is 2.34. The highest BCUT2D eigenvalue weighted by atomic mass is 16.4. The van der Waals surface area contributed by atoms with E-state index in [1.54, 1.807) is 0 Å². The lowest BCUT2D eigenvalue weighted by Gasteiger charge is -2.07. The predicted octanol–water partition coefficient (Wildman–Crippen LogP) is 2.60. The van der Waals surface area contributed by atoms with Crippen LogP contribution in [0.4, 0.5) is 0 Å². The Labute approximate surface area is 73.3 Å². The number of rotatable bonds is 3. The first-order valence-corrected chi connectivity index (χ1v) is 4.58. The molecule has 1 aliphatic rings. The van der Waals surface area contributed by atoms with Crippen LogP contribution in [-0.4, -0.2) is 11.1 Å². The number of carboxylic acid groups (broad SMARTS) is 1. The van der Waals surface area contributed by atoms with Gasteiger partial charge in [0.05, 0.1) is 0 Å². The number of carboxylic acids is 1. The summed E-state index contributed by atoms with van der Waals surface area (Å²) in [5, 5.41) is 8.48. The summed E-state index contributed by atoms with van der Waals surface area (Å²) in [5.74, 6) is -0.0638. The van der Waals surface area contributed by atoms with Gasteiger partial charge in [-0.15, -0.1) is 0 Å². The number of allylic oxidation sites excluding steroid dienone is 1. The van der Waals surface area contributed by atoms with Crippen molar-refractivity contribution in [3.63, 3.8) is 0 Å². The van der Waals surface area contributed by atoms with Crippen LogP contribution in [-0.2, 0) is 4.79 Å². The largest absolute Gasteiger partial charge is 0.478 e. The summed E-state index contributed by atoms with van der Waals surface area (Å²) in [4.78, 5) is 10.3. The lowest BCUT2D eigenvalue weighted by Crippen LogP contribution is -1.96. The van der Waals surface area contributed by atoms with Gasteiger partial charge in [-0.1, -0.05) is 31.3 Å². The molecule has 0 bridgehead atoms. The Morgan fingerprint density at radius 1 is 1.50 bits per heavy atom. The molecule has 2 heteroatoms. The topological polar surface area (TPSA) is 37.3 Å². The molecular formula is C10H16O2. The normalized spacial score (nSPS) is 19.9. The molecule has 1 aliphatic carbocycles. The van der Waals surface area contributed by atoms with Gasteiger partial charge in [-0.2, -0.15) is 0 Å². The van der Waals surface area contributed by atoms with Crippen LogP contribution in [0, 0.1) is 5.92 Å². The van der Waals surface area contributed by atoms with Crippen molar-refractivity contribution in [3.05, 3.63) is 11.6 Å². The zero-order valence-electron chi connectivity index (χ0n) is 7.55. The fourth-order valence-corrected chi connectivity index (χ4v) is 1.94. The van der Waals surface area contributed by atoms with Crippen molar-refractivity contribution in [2.75, 3.05) is 0 Å². The van der Waals surface area contributed by atoms with Gasteiger partial charge in [0.15, 0.2) is 0 Å². The monoisotopic (exact) mass is 168 g/mol. The number of hydrogen-bond donors (Lipinski definition) is 1. The van der Waals surface area contributed by atoms with Gasteiger partial charge in [-0.25, -0.2) is 4.79 Å². The molecule has 0 radical (unpaired) electrons. The standard InChI is InChI=1S/C10H16O2/c1-8(7-10(11)12)6-9-4-2-3-5-9/h7,9H,2-6H2,1H3,(H,11,12)/b8-7+. The van der Waals surface area contributed by atoms with Crippen molar-refractivity contribution in [2.24, 2.45) is 5.92 Å². The molecule has 0 atom stereocenters. The van der Waals surface area contributed by atoms with Crippen molar-refractivity contribution < 1.29 is 9.90 Å². The molecule has 2 nitrogen and oxygen atoms in total. The van der Waals surface area contributed by atoms with E-state index in [-0.39, 0.29) is 0 Å². The van der Waals surface area contributed by atoms with Crippen LogP contribution in [0.5, 0.6) is 0 Å². The zero-order valence-corrected chi connectivity index (χ0v) is 7.55. The Morgan fingerprint density at radius 2 is 2.08 bits per heavy atom. The Bertz CT molecular complexity index is 188. The number of aliphatic carboxylic acids is 1. The van der Waals surface area contributed by atoms with Crippen molar-refractivity contribution in [1.82, 2.24) is 0 Å². The van der Waals surface area contributed by atoms with E-state index in [2.05, 4.69) is 0 Å². The van der Waals surface area contributed by atoms with Gasteiger partial charge < -0.3 is 5.11 Å². The molecule has 1 fully saturated rings. The molecule has 0 spiro atoms. The van der Waals surface area contributed by atoms with Crippen molar-refractivity contribution in [1.29, 1.82) is 0 Å². The molecule has 12 heavy (non-hydrogen) atoms. The Hall–Kier alpha value is -0.790. The molecule has 0 unspecified atom stereocenters. The fourth-order valence-electron chi connectivity index (χ4n) is 1.94. The third-order valence-electron chi connectivity index (χ3n) is 2.46. The molecule has 0 heterocycles. The average molecular weight is 168 g/mol. The van der Waals surface area contributed by atoms with E-state index in [4.69, 9.17) is 5.11 Å². The highest BCUT2D eigenvalue weighted by molar-refractivity contribution is 5.80. The second-order valence-corrected chi connectivity index (χ2v) is 3.68. The predicted molar refractivity (Wildman–Crippen MR) is 48.0 cm³/mol. The maximum Gasteiger partial charge on any atom is 0.328 e. The maximum absolute atomic E-state index is 10.3. The molecule has 0 aromatic heterocycles. The van der Waals surface area contributed by atoms with Gasteiger partial charge in [0.25, 0.3) is 0 Å². The minimum absolute atomic E-state index is 0.751. The van der Waals surface area contributed by atoms with Gasteiger partial charge in [-0.3, -0.25) is 0 Å².